The Morgan fingerprint density at radius 2 is 2.22 bits per heavy atom. The van der Waals surface area contributed by atoms with Crippen LogP contribution in [-0.2, 0) is 6.54 Å². The second kappa shape index (κ2) is 5.48. The van der Waals surface area contributed by atoms with Gasteiger partial charge in [0.2, 0.25) is 0 Å². The summed E-state index contributed by atoms with van der Waals surface area (Å²) in [5.74, 6) is -0.0736. The molecule has 3 nitrogen and oxygen atoms in total. The van der Waals surface area contributed by atoms with Gasteiger partial charge < -0.3 is 5.32 Å². The van der Waals surface area contributed by atoms with Gasteiger partial charge >= 0.3 is 0 Å². The lowest BCUT2D eigenvalue weighted by Gasteiger charge is -2.03. The summed E-state index contributed by atoms with van der Waals surface area (Å²) in [6.45, 7) is 2.41. The van der Waals surface area contributed by atoms with Crippen molar-refractivity contribution in [3.8, 4) is 6.07 Å². The Balaban J connectivity index is 1.99. The number of aryl methyl sites for hydroxylation is 1. The van der Waals surface area contributed by atoms with Crippen molar-refractivity contribution in [3.05, 3.63) is 57.3 Å². The van der Waals surface area contributed by atoms with E-state index in [2.05, 4.69) is 11.4 Å². The first kappa shape index (κ1) is 12.3. The third kappa shape index (κ3) is 2.96. The van der Waals surface area contributed by atoms with Crippen LogP contribution in [0.4, 0.5) is 0 Å². The third-order valence-electron chi connectivity index (χ3n) is 2.47. The van der Waals surface area contributed by atoms with Crippen molar-refractivity contribution in [3.63, 3.8) is 0 Å². The molecule has 90 valence electrons. The molecule has 0 fully saturated rings. The normalized spacial score (nSPS) is 9.78. The zero-order valence-corrected chi connectivity index (χ0v) is 10.8. The van der Waals surface area contributed by atoms with Crippen LogP contribution in [0, 0.1) is 18.3 Å². The number of nitrogens with one attached hydrogen (secondary N) is 1. The van der Waals surface area contributed by atoms with E-state index in [9.17, 15) is 4.79 Å². The van der Waals surface area contributed by atoms with Gasteiger partial charge in [-0.15, -0.1) is 11.3 Å². The number of nitrogens with zero attached hydrogens (tertiary/aromatic N) is 1. The zero-order valence-electron chi connectivity index (χ0n) is 9.93. The summed E-state index contributed by atoms with van der Waals surface area (Å²) in [7, 11) is 0. The lowest BCUT2D eigenvalue weighted by Crippen LogP contribution is -2.21. The van der Waals surface area contributed by atoms with Crippen molar-refractivity contribution in [2.45, 2.75) is 13.5 Å². The van der Waals surface area contributed by atoms with Crippen LogP contribution in [0.2, 0.25) is 0 Å². The van der Waals surface area contributed by atoms with Gasteiger partial charge in [-0.25, -0.2) is 0 Å². The molecule has 1 amide bonds. The van der Waals surface area contributed by atoms with Crippen LogP contribution in [0.15, 0.2) is 36.4 Å². The van der Waals surface area contributed by atoms with Crippen LogP contribution < -0.4 is 5.32 Å². The summed E-state index contributed by atoms with van der Waals surface area (Å²) in [6.07, 6.45) is 0. The lowest BCUT2D eigenvalue weighted by atomic mass is 10.1. The van der Waals surface area contributed by atoms with Crippen LogP contribution in [0.3, 0.4) is 0 Å². The largest absolute Gasteiger partial charge is 0.347 e. The van der Waals surface area contributed by atoms with Crippen LogP contribution in [-0.4, -0.2) is 5.91 Å². The second-order valence-electron chi connectivity index (χ2n) is 3.91. The molecule has 1 aromatic heterocycles. The molecule has 0 aliphatic heterocycles. The molecule has 0 saturated carbocycles. The van der Waals surface area contributed by atoms with E-state index in [4.69, 9.17) is 5.26 Å². The Hall–Kier alpha value is -2.12. The molecule has 4 heteroatoms. The molecule has 0 saturated heterocycles. The monoisotopic (exact) mass is 256 g/mol. The number of carbonyl (C=O) groups is 1. The molecule has 2 aromatic rings. The second-order valence-corrected chi connectivity index (χ2v) is 5.19. The quantitative estimate of drug-likeness (QED) is 0.918. The van der Waals surface area contributed by atoms with Gasteiger partial charge in [-0.3, -0.25) is 4.79 Å². The van der Waals surface area contributed by atoms with E-state index in [0.717, 1.165) is 10.4 Å². The molecule has 1 aromatic carbocycles. The van der Waals surface area contributed by atoms with Gasteiger partial charge in [-0.05, 0) is 36.8 Å². The molecular formula is C14H12N2OS. The van der Waals surface area contributed by atoms with E-state index in [1.165, 1.54) is 11.3 Å². The Morgan fingerprint density at radius 1 is 1.39 bits per heavy atom. The van der Waals surface area contributed by atoms with Crippen LogP contribution in [0.1, 0.15) is 25.7 Å². The highest BCUT2D eigenvalue weighted by molar-refractivity contribution is 7.13. The number of benzene rings is 1. The minimum absolute atomic E-state index is 0.0736. The summed E-state index contributed by atoms with van der Waals surface area (Å²) in [5, 5.41) is 11.6. The highest BCUT2D eigenvalue weighted by Crippen LogP contribution is 2.14. The predicted octanol–water partition coefficient (Wildman–Crippen LogP) is 2.86. The number of hydrogen-bond donors (Lipinski definition) is 1. The Bertz CT molecular complexity index is 610. The lowest BCUT2D eigenvalue weighted by molar-refractivity contribution is 0.0955. The molecule has 0 bridgehead atoms. The molecule has 0 radical (unpaired) electrons. The topological polar surface area (TPSA) is 52.9 Å². The summed E-state index contributed by atoms with van der Waals surface area (Å²) >= 11 is 1.47. The Kier molecular flexibility index (Phi) is 3.75. The van der Waals surface area contributed by atoms with Crippen molar-refractivity contribution < 1.29 is 4.79 Å². The fourth-order valence-corrected chi connectivity index (χ4v) is 2.36. The first-order valence-electron chi connectivity index (χ1n) is 5.53. The van der Waals surface area contributed by atoms with Crippen LogP contribution in [0.25, 0.3) is 0 Å². The fourth-order valence-electron chi connectivity index (χ4n) is 1.58. The van der Waals surface area contributed by atoms with E-state index in [0.29, 0.717) is 17.0 Å². The van der Waals surface area contributed by atoms with Gasteiger partial charge in [0.15, 0.2) is 0 Å². The SMILES string of the molecule is Cc1ccc(C(=O)NCc2cccc(C#N)c2)s1. The van der Waals surface area contributed by atoms with E-state index in [1.54, 1.807) is 12.1 Å². The van der Waals surface area contributed by atoms with E-state index in [-0.39, 0.29) is 5.91 Å². The minimum atomic E-state index is -0.0736. The smallest absolute Gasteiger partial charge is 0.261 e. The Morgan fingerprint density at radius 3 is 2.89 bits per heavy atom. The molecule has 18 heavy (non-hydrogen) atoms. The van der Waals surface area contributed by atoms with Crippen molar-refractivity contribution >= 4 is 17.2 Å². The van der Waals surface area contributed by atoms with Gasteiger partial charge in [-0.2, -0.15) is 5.26 Å². The maximum absolute atomic E-state index is 11.8. The van der Waals surface area contributed by atoms with E-state index < -0.39 is 0 Å². The minimum Gasteiger partial charge on any atom is -0.347 e. The third-order valence-corrected chi connectivity index (χ3v) is 3.47. The fraction of sp³-hybridized carbons (Fsp3) is 0.143. The van der Waals surface area contributed by atoms with Gasteiger partial charge in [-0.1, -0.05) is 12.1 Å². The molecule has 0 atom stereocenters. The predicted molar refractivity (Wildman–Crippen MR) is 71.4 cm³/mol. The molecule has 0 aliphatic rings. The molecule has 0 spiro atoms. The first-order valence-corrected chi connectivity index (χ1v) is 6.34. The molecule has 1 heterocycles. The molecule has 0 aliphatic carbocycles. The van der Waals surface area contributed by atoms with Crippen molar-refractivity contribution in [2.75, 3.05) is 0 Å². The van der Waals surface area contributed by atoms with Crippen LogP contribution in [0.5, 0.6) is 0 Å². The average molecular weight is 256 g/mol. The summed E-state index contributed by atoms with van der Waals surface area (Å²) in [4.78, 5) is 13.6. The molecule has 0 unspecified atom stereocenters. The summed E-state index contributed by atoms with van der Waals surface area (Å²) < 4.78 is 0. The average Bonchev–Trinajstić information content (AvgIpc) is 2.83. The summed E-state index contributed by atoms with van der Waals surface area (Å²) in [5.41, 5.74) is 1.53. The van der Waals surface area contributed by atoms with Gasteiger partial charge in [0, 0.05) is 11.4 Å². The maximum atomic E-state index is 11.8. The number of nitriles is 1. The summed E-state index contributed by atoms with van der Waals surface area (Å²) in [6, 6.07) is 13.1. The van der Waals surface area contributed by atoms with Crippen LogP contribution >= 0.6 is 11.3 Å². The highest BCUT2D eigenvalue weighted by atomic mass is 32.1. The first-order chi connectivity index (χ1) is 8.69. The number of amides is 1. The number of hydrogen-bond acceptors (Lipinski definition) is 3. The molecular weight excluding hydrogens is 244 g/mol. The molecule has 2 rings (SSSR count). The maximum Gasteiger partial charge on any atom is 0.261 e. The van der Waals surface area contributed by atoms with Gasteiger partial charge in [0.25, 0.3) is 5.91 Å². The highest BCUT2D eigenvalue weighted by Gasteiger charge is 2.07. The van der Waals surface area contributed by atoms with E-state index >= 15 is 0 Å². The number of thiophene rings is 1. The van der Waals surface area contributed by atoms with Crippen molar-refractivity contribution in [2.24, 2.45) is 0 Å². The van der Waals surface area contributed by atoms with Crippen molar-refractivity contribution in [1.82, 2.24) is 5.32 Å². The van der Waals surface area contributed by atoms with E-state index in [1.807, 2.05) is 31.2 Å². The van der Waals surface area contributed by atoms with Gasteiger partial charge in [0.1, 0.15) is 0 Å². The number of rotatable bonds is 3. The van der Waals surface area contributed by atoms with Gasteiger partial charge in [0.05, 0.1) is 16.5 Å². The number of carbonyl (C=O) groups excluding carboxylic acids is 1. The standard InChI is InChI=1S/C14H12N2OS/c1-10-5-6-13(18-10)14(17)16-9-12-4-2-3-11(7-12)8-15/h2-7H,9H2,1H3,(H,16,17). The zero-order chi connectivity index (χ0) is 13.0. The molecule has 1 N–H and O–H groups in total. The van der Waals surface area contributed by atoms with Crippen molar-refractivity contribution in [1.29, 1.82) is 5.26 Å². The Labute approximate surface area is 110 Å².